The highest BCUT2D eigenvalue weighted by molar-refractivity contribution is 14.1. The average Bonchev–Trinajstić information content (AvgIpc) is 2.81. The van der Waals surface area contributed by atoms with Crippen molar-refractivity contribution in [1.82, 2.24) is 5.32 Å². The molecule has 1 unspecified atom stereocenters. The van der Waals surface area contributed by atoms with E-state index in [0.29, 0.717) is 0 Å². The van der Waals surface area contributed by atoms with Gasteiger partial charge < -0.3 is 11.1 Å². The third-order valence-electron chi connectivity index (χ3n) is 4.80. The zero-order valence-corrected chi connectivity index (χ0v) is 19.7. The van der Waals surface area contributed by atoms with Crippen molar-refractivity contribution in [3.8, 4) is 11.1 Å². The van der Waals surface area contributed by atoms with Crippen LogP contribution in [0.4, 0.5) is 0 Å². The molecule has 3 N–H and O–H groups in total. The fourth-order valence-corrected chi connectivity index (χ4v) is 3.43. The SMILES string of the molecule is Cc1cccc(-c2ccc(C(N)N\C(=C/C=C\C=C/C=C/I)c3ccccc3)cc2)c1. The number of hydrogen-bond donors (Lipinski definition) is 2. The maximum absolute atomic E-state index is 6.52. The number of halogens is 1. The molecule has 0 aliphatic heterocycles. The van der Waals surface area contributed by atoms with E-state index in [1.165, 1.54) is 16.7 Å². The Morgan fingerprint density at radius 3 is 2.23 bits per heavy atom. The number of rotatable bonds is 8. The van der Waals surface area contributed by atoms with Crippen LogP contribution in [0.1, 0.15) is 22.9 Å². The van der Waals surface area contributed by atoms with Crippen molar-refractivity contribution in [3.63, 3.8) is 0 Å². The molecule has 0 bridgehead atoms. The Balaban J connectivity index is 1.77. The quantitative estimate of drug-likeness (QED) is 0.186. The summed E-state index contributed by atoms with van der Waals surface area (Å²) in [4.78, 5) is 0. The van der Waals surface area contributed by atoms with Crippen LogP contribution in [-0.4, -0.2) is 0 Å². The number of allylic oxidation sites excluding steroid dienone is 6. The largest absolute Gasteiger partial charge is 0.366 e. The number of benzene rings is 3. The van der Waals surface area contributed by atoms with Crippen molar-refractivity contribution in [1.29, 1.82) is 0 Å². The summed E-state index contributed by atoms with van der Waals surface area (Å²) >= 11 is 2.20. The Bertz CT molecular complexity index is 1080. The molecule has 0 saturated heterocycles. The first-order chi connectivity index (χ1) is 15.2. The Morgan fingerprint density at radius 2 is 1.52 bits per heavy atom. The van der Waals surface area contributed by atoms with E-state index in [0.717, 1.165) is 16.8 Å². The molecule has 3 aromatic carbocycles. The molecule has 0 amide bonds. The van der Waals surface area contributed by atoms with E-state index in [1.807, 2.05) is 52.7 Å². The minimum absolute atomic E-state index is 0.316. The fourth-order valence-electron chi connectivity index (χ4n) is 3.19. The molecule has 2 nitrogen and oxygen atoms in total. The second kappa shape index (κ2) is 12.1. The molecule has 0 aliphatic rings. The second-order valence-corrected chi connectivity index (χ2v) is 7.87. The van der Waals surface area contributed by atoms with Gasteiger partial charge in [-0.2, -0.15) is 0 Å². The molecule has 3 aromatic rings. The summed E-state index contributed by atoms with van der Waals surface area (Å²) in [5, 5.41) is 3.47. The molecule has 3 heteroatoms. The van der Waals surface area contributed by atoms with Crippen molar-refractivity contribution >= 4 is 28.3 Å². The number of hydrogen-bond acceptors (Lipinski definition) is 2. The van der Waals surface area contributed by atoms with Gasteiger partial charge in [-0.1, -0.05) is 137 Å². The second-order valence-electron chi connectivity index (χ2n) is 7.15. The lowest BCUT2D eigenvalue weighted by Gasteiger charge is -2.19. The monoisotopic (exact) mass is 518 g/mol. The molecular weight excluding hydrogens is 491 g/mol. The van der Waals surface area contributed by atoms with Gasteiger partial charge in [-0.25, -0.2) is 0 Å². The predicted octanol–water partition coefficient (Wildman–Crippen LogP) is 7.31. The Morgan fingerprint density at radius 1 is 0.806 bits per heavy atom. The van der Waals surface area contributed by atoms with Gasteiger partial charge in [0.15, 0.2) is 0 Å². The van der Waals surface area contributed by atoms with E-state index in [9.17, 15) is 0 Å². The first kappa shape index (κ1) is 22.8. The van der Waals surface area contributed by atoms with Gasteiger partial charge in [0.25, 0.3) is 0 Å². The Kier molecular flexibility index (Phi) is 8.88. The van der Waals surface area contributed by atoms with Gasteiger partial charge in [0.1, 0.15) is 6.17 Å². The normalized spacial score (nSPS) is 13.3. The Labute approximate surface area is 199 Å². The molecule has 0 aliphatic carbocycles. The molecule has 0 aromatic heterocycles. The number of nitrogens with one attached hydrogen (secondary N) is 1. The minimum atomic E-state index is -0.316. The highest BCUT2D eigenvalue weighted by Gasteiger charge is 2.09. The first-order valence-electron chi connectivity index (χ1n) is 10.2. The lowest BCUT2D eigenvalue weighted by atomic mass is 10.0. The highest BCUT2D eigenvalue weighted by atomic mass is 127. The van der Waals surface area contributed by atoms with Crippen LogP contribution in [0.5, 0.6) is 0 Å². The zero-order chi connectivity index (χ0) is 21.9. The smallest absolute Gasteiger partial charge is 0.101 e. The predicted molar refractivity (Wildman–Crippen MR) is 143 cm³/mol. The molecule has 0 spiro atoms. The van der Waals surface area contributed by atoms with E-state index in [-0.39, 0.29) is 6.17 Å². The topological polar surface area (TPSA) is 38.0 Å². The van der Waals surface area contributed by atoms with Crippen molar-refractivity contribution in [3.05, 3.63) is 136 Å². The number of nitrogens with two attached hydrogens (primary N) is 1. The summed E-state index contributed by atoms with van der Waals surface area (Å²) in [6, 6.07) is 27.2. The van der Waals surface area contributed by atoms with Crippen LogP contribution >= 0.6 is 22.6 Å². The van der Waals surface area contributed by atoms with Gasteiger partial charge in [0.05, 0.1) is 0 Å². The molecule has 0 fully saturated rings. The third-order valence-corrected chi connectivity index (χ3v) is 5.21. The summed E-state index contributed by atoms with van der Waals surface area (Å²) in [7, 11) is 0. The summed E-state index contributed by atoms with van der Waals surface area (Å²) in [5.74, 6) is 0. The number of aryl methyl sites for hydroxylation is 1. The molecule has 0 radical (unpaired) electrons. The third kappa shape index (κ3) is 7.09. The van der Waals surface area contributed by atoms with Gasteiger partial charge in [-0.05, 0) is 39.3 Å². The van der Waals surface area contributed by atoms with Crippen molar-refractivity contribution < 1.29 is 0 Å². The summed E-state index contributed by atoms with van der Waals surface area (Å²) < 4.78 is 1.97. The van der Waals surface area contributed by atoms with E-state index in [1.54, 1.807) is 0 Å². The molecule has 3 rings (SSSR count). The first-order valence-corrected chi connectivity index (χ1v) is 11.5. The molecular formula is C28H27IN2. The van der Waals surface area contributed by atoms with Crippen molar-refractivity contribution in [2.75, 3.05) is 0 Å². The van der Waals surface area contributed by atoms with Crippen LogP contribution in [0.25, 0.3) is 16.8 Å². The van der Waals surface area contributed by atoms with E-state index in [2.05, 4.69) is 102 Å². The lowest BCUT2D eigenvalue weighted by molar-refractivity contribution is 0.667. The maximum atomic E-state index is 6.52. The molecule has 156 valence electrons. The summed E-state index contributed by atoms with van der Waals surface area (Å²) in [6.45, 7) is 2.11. The van der Waals surface area contributed by atoms with Crippen LogP contribution in [0.3, 0.4) is 0 Å². The molecule has 1 atom stereocenters. The van der Waals surface area contributed by atoms with Crippen molar-refractivity contribution in [2.24, 2.45) is 5.73 Å². The van der Waals surface area contributed by atoms with Crippen LogP contribution < -0.4 is 11.1 Å². The van der Waals surface area contributed by atoms with Crippen molar-refractivity contribution in [2.45, 2.75) is 13.1 Å². The highest BCUT2D eigenvalue weighted by Crippen LogP contribution is 2.23. The van der Waals surface area contributed by atoms with Crippen LogP contribution in [0.2, 0.25) is 0 Å². The van der Waals surface area contributed by atoms with Crippen LogP contribution in [0, 0.1) is 6.92 Å². The van der Waals surface area contributed by atoms with Crippen LogP contribution in [-0.2, 0) is 0 Å². The Hall–Kier alpha value is -2.89. The van der Waals surface area contributed by atoms with Crippen LogP contribution in [0.15, 0.2) is 119 Å². The average molecular weight is 518 g/mol. The molecule has 31 heavy (non-hydrogen) atoms. The summed E-state index contributed by atoms with van der Waals surface area (Å²) in [6.07, 6.45) is 11.7. The maximum Gasteiger partial charge on any atom is 0.101 e. The minimum Gasteiger partial charge on any atom is -0.366 e. The van der Waals surface area contributed by atoms with E-state index >= 15 is 0 Å². The van der Waals surface area contributed by atoms with Gasteiger partial charge in [-0.3, -0.25) is 0 Å². The molecule has 0 saturated carbocycles. The summed E-state index contributed by atoms with van der Waals surface area (Å²) in [5.41, 5.74) is 13.3. The van der Waals surface area contributed by atoms with E-state index < -0.39 is 0 Å². The fraction of sp³-hybridized carbons (Fsp3) is 0.0714. The zero-order valence-electron chi connectivity index (χ0n) is 17.6. The van der Waals surface area contributed by atoms with Gasteiger partial charge in [0, 0.05) is 5.70 Å². The molecule has 0 heterocycles. The van der Waals surface area contributed by atoms with Gasteiger partial charge in [0.2, 0.25) is 0 Å². The standard InChI is InChI=1S/C28H27IN2/c1-22-11-10-14-26(21-22)23-16-18-25(19-17-23)28(30)31-27(24-12-6-5-7-13-24)15-8-3-2-4-9-20-29/h2-21,28,31H,30H2,1H3/b4-2-,8-3-,20-9+,27-15-. The lowest BCUT2D eigenvalue weighted by Crippen LogP contribution is -2.27. The van der Waals surface area contributed by atoms with Gasteiger partial charge in [-0.15, -0.1) is 0 Å². The van der Waals surface area contributed by atoms with Gasteiger partial charge >= 0.3 is 0 Å². The van der Waals surface area contributed by atoms with E-state index in [4.69, 9.17) is 5.73 Å².